The van der Waals surface area contributed by atoms with E-state index in [0.717, 1.165) is 0 Å². The third-order valence-corrected chi connectivity index (χ3v) is 1.74. The molecule has 0 aromatic heterocycles. The van der Waals surface area contributed by atoms with E-state index in [1.807, 2.05) is 0 Å². The summed E-state index contributed by atoms with van der Waals surface area (Å²) in [5, 5.41) is 16.8. The number of halogens is 3. The number of hydrogen-bond acceptors (Lipinski definition) is 2. The smallest absolute Gasteiger partial charge is 0.177 e. The van der Waals surface area contributed by atoms with Crippen LogP contribution < -0.4 is 0 Å². The predicted molar refractivity (Wildman–Crippen MR) is 41.8 cm³/mol. The number of aliphatic hydroxyl groups is 1. The van der Waals surface area contributed by atoms with Gasteiger partial charge in [0.2, 0.25) is 0 Å². The summed E-state index contributed by atoms with van der Waals surface area (Å²) in [5.74, 6) is -3.80. The minimum Gasteiger partial charge on any atom is -0.396 e. The van der Waals surface area contributed by atoms with Gasteiger partial charge in [0, 0.05) is 18.6 Å². The highest BCUT2D eigenvalue weighted by Gasteiger charge is 2.17. The molecule has 0 fully saturated rings. The minimum absolute atomic E-state index is 0.319. The van der Waals surface area contributed by atoms with Gasteiger partial charge in [0.1, 0.15) is 11.9 Å². The number of rotatable bonds is 2. The fraction of sp³-hybridized carbons (Fsp3) is 0.222. The third kappa shape index (κ3) is 1.70. The quantitative estimate of drug-likeness (QED) is 0.737. The van der Waals surface area contributed by atoms with E-state index in [1.165, 1.54) is 6.07 Å². The van der Waals surface area contributed by atoms with E-state index in [4.69, 9.17) is 10.4 Å². The fourth-order valence-electron chi connectivity index (χ4n) is 1.06. The van der Waals surface area contributed by atoms with E-state index in [0.29, 0.717) is 6.07 Å². The van der Waals surface area contributed by atoms with Crippen LogP contribution >= 0.6 is 0 Å². The number of benzene rings is 1. The lowest BCUT2D eigenvalue weighted by Crippen LogP contribution is -2.04. The summed E-state index contributed by atoms with van der Waals surface area (Å²) in [4.78, 5) is 0. The molecule has 5 heteroatoms. The maximum atomic E-state index is 13.0. The molecule has 0 aliphatic rings. The number of nitriles is 1. The Kier molecular flexibility index (Phi) is 3.10. The van der Waals surface area contributed by atoms with Crippen LogP contribution in [0.1, 0.15) is 11.1 Å². The molecule has 14 heavy (non-hydrogen) atoms. The Morgan fingerprint density at radius 2 is 1.93 bits per heavy atom. The van der Waals surface area contributed by atoms with Crippen molar-refractivity contribution in [3.63, 3.8) is 0 Å². The first kappa shape index (κ1) is 10.5. The molecule has 0 heterocycles. The van der Waals surface area contributed by atoms with Gasteiger partial charge in [-0.3, -0.25) is 0 Å². The van der Waals surface area contributed by atoms with E-state index in [2.05, 4.69) is 0 Å². The Balaban J connectivity index is 3.35. The summed E-state index contributed by atoms with van der Waals surface area (Å²) in [6.07, 6.45) is -0.319. The highest BCUT2D eigenvalue weighted by Crippen LogP contribution is 2.19. The van der Waals surface area contributed by atoms with E-state index in [-0.39, 0.29) is 6.42 Å². The van der Waals surface area contributed by atoms with Crippen molar-refractivity contribution >= 4 is 0 Å². The zero-order valence-electron chi connectivity index (χ0n) is 7.02. The van der Waals surface area contributed by atoms with Crippen LogP contribution in [0.5, 0.6) is 0 Å². The van der Waals surface area contributed by atoms with Crippen LogP contribution in [0.25, 0.3) is 0 Å². The van der Waals surface area contributed by atoms with Gasteiger partial charge >= 0.3 is 0 Å². The molecule has 1 N–H and O–H groups in total. The molecule has 0 spiro atoms. The zero-order chi connectivity index (χ0) is 10.7. The Bertz CT molecular complexity index is 398. The van der Waals surface area contributed by atoms with Gasteiger partial charge in [-0.05, 0) is 6.07 Å². The normalized spacial score (nSPS) is 9.93. The van der Waals surface area contributed by atoms with Crippen LogP contribution in [0.3, 0.4) is 0 Å². The summed E-state index contributed by atoms with van der Waals surface area (Å²) < 4.78 is 38.9. The van der Waals surface area contributed by atoms with Crippen LogP contribution in [0.2, 0.25) is 0 Å². The molecular formula is C9H6F3NO. The first-order valence-corrected chi connectivity index (χ1v) is 3.79. The van der Waals surface area contributed by atoms with Gasteiger partial charge in [-0.15, -0.1) is 0 Å². The van der Waals surface area contributed by atoms with Crippen molar-refractivity contribution in [1.82, 2.24) is 0 Å². The second kappa shape index (κ2) is 4.11. The summed E-state index contributed by atoms with van der Waals surface area (Å²) in [5.41, 5.74) is -1.22. The molecular weight excluding hydrogens is 195 g/mol. The number of nitrogens with zero attached hydrogens (tertiary/aromatic N) is 1. The molecule has 0 amide bonds. The fourth-order valence-corrected chi connectivity index (χ4v) is 1.06. The topological polar surface area (TPSA) is 44.0 Å². The minimum atomic E-state index is -1.41. The van der Waals surface area contributed by atoms with Crippen LogP contribution in [0.15, 0.2) is 6.07 Å². The Labute approximate surface area is 78.2 Å². The maximum Gasteiger partial charge on any atom is 0.177 e. The lowest BCUT2D eigenvalue weighted by Gasteiger charge is -2.04. The summed E-state index contributed by atoms with van der Waals surface area (Å²) >= 11 is 0. The molecule has 0 saturated carbocycles. The van der Waals surface area contributed by atoms with Gasteiger partial charge in [0.15, 0.2) is 11.6 Å². The molecule has 0 saturated heterocycles. The van der Waals surface area contributed by atoms with Crippen LogP contribution in [0.4, 0.5) is 13.2 Å². The van der Waals surface area contributed by atoms with Crippen molar-refractivity contribution in [3.8, 4) is 6.07 Å². The molecule has 1 aromatic carbocycles. The Morgan fingerprint density at radius 3 is 2.43 bits per heavy atom. The van der Waals surface area contributed by atoms with E-state index >= 15 is 0 Å². The molecule has 0 bridgehead atoms. The monoisotopic (exact) mass is 201 g/mol. The van der Waals surface area contributed by atoms with Crippen molar-refractivity contribution in [2.24, 2.45) is 0 Å². The molecule has 0 aliphatic heterocycles. The van der Waals surface area contributed by atoms with Crippen molar-refractivity contribution in [2.45, 2.75) is 6.42 Å². The maximum absolute atomic E-state index is 13.0. The van der Waals surface area contributed by atoms with Crippen LogP contribution in [0, 0.1) is 28.8 Å². The van der Waals surface area contributed by atoms with Crippen molar-refractivity contribution in [1.29, 1.82) is 5.26 Å². The molecule has 0 aliphatic carbocycles. The average molecular weight is 201 g/mol. The van der Waals surface area contributed by atoms with Gasteiger partial charge in [-0.1, -0.05) is 0 Å². The van der Waals surface area contributed by atoms with E-state index in [1.54, 1.807) is 0 Å². The second-order valence-electron chi connectivity index (χ2n) is 2.60. The standard InChI is InChI=1S/C9H6F3NO/c10-7-3-5(4-13)8(11)9(12)6(7)1-2-14/h3,14H,1-2H2. The Hall–Kier alpha value is -1.54. The van der Waals surface area contributed by atoms with Crippen molar-refractivity contribution in [3.05, 3.63) is 34.6 Å². The molecule has 1 aromatic rings. The third-order valence-electron chi connectivity index (χ3n) is 1.74. The van der Waals surface area contributed by atoms with Gasteiger partial charge < -0.3 is 5.11 Å². The van der Waals surface area contributed by atoms with Gasteiger partial charge in [-0.2, -0.15) is 5.26 Å². The first-order chi connectivity index (χ1) is 6.61. The second-order valence-corrected chi connectivity index (χ2v) is 2.60. The van der Waals surface area contributed by atoms with Crippen LogP contribution in [-0.4, -0.2) is 11.7 Å². The molecule has 0 atom stereocenters. The van der Waals surface area contributed by atoms with Gasteiger partial charge in [0.05, 0.1) is 5.56 Å². The highest BCUT2D eigenvalue weighted by atomic mass is 19.2. The van der Waals surface area contributed by atoms with Crippen molar-refractivity contribution < 1.29 is 18.3 Å². The van der Waals surface area contributed by atoms with Crippen LogP contribution in [-0.2, 0) is 6.42 Å². The lowest BCUT2D eigenvalue weighted by atomic mass is 10.1. The summed E-state index contributed by atoms with van der Waals surface area (Å²) in [7, 11) is 0. The van der Waals surface area contributed by atoms with E-state index < -0.39 is 35.2 Å². The lowest BCUT2D eigenvalue weighted by molar-refractivity contribution is 0.294. The SMILES string of the molecule is N#Cc1cc(F)c(CCO)c(F)c1F. The number of hydrogen-bond donors (Lipinski definition) is 1. The molecule has 2 nitrogen and oxygen atoms in total. The highest BCUT2D eigenvalue weighted by molar-refractivity contribution is 5.35. The molecule has 0 radical (unpaired) electrons. The van der Waals surface area contributed by atoms with Gasteiger partial charge in [0.25, 0.3) is 0 Å². The van der Waals surface area contributed by atoms with Gasteiger partial charge in [-0.25, -0.2) is 13.2 Å². The number of aliphatic hydroxyl groups excluding tert-OH is 1. The summed E-state index contributed by atoms with van der Waals surface area (Å²) in [6.45, 7) is -0.487. The molecule has 1 rings (SSSR count). The molecule has 0 unspecified atom stereocenters. The predicted octanol–water partition coefficient (Wildman–Crippen LogP) is 1.51. The zero-order valence-corrected chi connectivity index (χ0v) is 7.02. The molecule has 74 valence electrons. The Morgan fingerprint density at radius 1 is 1.29 bits per heavy atom. The summed E-state index contributed by atoms with van der Waals surface area (Å²) in [6, 6.07) is 1.94. The van der Waals surface area contributed by atoms with Crippen molar-refractivity contribution in [2.75, 3.05) is 6.61 Å². The first-order valence-electron chi connectivity index (χ1n) is 3.79. The van der Waals surface area contributed by atoms with E-state index in [9.17, 15) is 13.2 Å². The average Bonchev–Trinajstić information content (AvgIpc) is 2.18. The largest absolute Gasteiger partial charge is 0.396 e.